The van der Waals surface area contributed by atoms with Crippen molar-refractivity contribution in [3.8, 4) is 0 Å². The van der Waals surface area contributed by atoms with E-state index in [1.807, 2.05) is 0 Å². The van der Waals surface area contributed by atoms with Crippen LogP contribution >= 0.6 is 0 Å². The Kier molecular flexibility index (Phi) is 3.10. The van der Waals surface area contributed by atoms with Gasteiger partial charge in [-0.1, -0.05) is 0 Å². The summed E-state index contributed by atoms with van der Waals surface area (Å²) in [4.78, 5) is 13.2. The second-order valence-electron chi connectivity index (χ2n) is 4.46. The molecule has 2 saturated heterocycles. The Morgan fingerprint density at radius 3 is 2.56 bits per heavy atom. The third-order valence-corrected chi connectivity index (χ3v) is 3.32. The smallest absolute Gasteiger partial charge is 0.341 e. The SMILES string of the molecule is O=C([C@H]1CCCN1)N1CC[C@H](C(F)(F)F)C1. The monoisotopic (exact) mass is 236 g/mol. The van der Waals surface area contributed by atoms with Gasteiger partial charge in [-0.15, -0.1) is 0 Å². The van der Waals surface area contributed by atoms with Crippen molar-refractivity contribution in [3.63, 3.8) is 0 Å². The van der Waals surface area contributed by atoms with Gasteiger partial charge in [-0.3, -0.25) is 4.79 Å². The first kappa shape index (κ1) is 11.7. The Morgan fingerprint density at radius 1 is 1.31 bits per heavy atom. The fourth-order valence-electron chi connectivity index (χ4n) is 2.34. The lowest BCUT2D eigenvalue weighted by Crippen LogP contribution is -2.43. The van der Waals surface area contributed by atoms with Crippen molar-refractivity contribution in [3.05, 3.63) is 0 Å². The molecule has 2 aliphatic heterocycles. The molecule has 6 heteroatoms. The first-order valence-corrected chi connectivity index (χ1v) is 5.57. The van der Waals surface area contributed by atoms with Crippen LogP contribution in [0.1, 0.15) is 19.3 Å². The molecule has 0 bridgehead atoms. The predicted octanol–water partition coefficient (Wildman–Crippen LogP) is 1.15. The topological polar surface area (TPSA) is 32.3 Å². The molecule has 0 aliphatic carbocycles. The largest absolute Gasteiger partial charge is 0.393 e. The highest BCUT2D eigenvalue weighted by molar-refractivity contribution is 5.82. The van der Waals surface area contributed by atoms with E-state index in [9.17, 15) is 18.0 Å². The Bertz CT molecular complexity index is 274. The van der Waals surface area contributed by atoms with Gasteiger partial charge in [0.15, 0.2) is 0 Å². The molecule has 2 rings (SSSR count). The number of carbonyl (C=O) groups is 1. The van der Waals surface area contributed by atoms with Gasteiger partial charge >= 0.3 is 6.18 Å². The standard InChI is InChI=1S/C10H15F3N2O/c11-10(12,13)7-3-5-15(6-7)9(16)8-2-1-4-14-8/h7-8,14H,1-6H2/t7-,8+/m0/s1. The molecule has 2 aliphatic rings. The van der Waals surface area contributed by atoms with E-state index >= 15 is 0 Å². The summed E-state index contributed by atoms with van der Waals surface area (Å²) in [6.45, 7) is 0.856. The molecule has 1 N–H and O–H groups in total. The first-order chi connectivity index (χ1) is 7.48. The van der Waals surface area contributed by atoms with E-state index < -0.39 is 12.1 Å². The summed E-state index contributed by atoms with van der Waals surface area (Å²) < 4.78 is 37.3. The van der Waals surface area contributed by atoms with E-state index in [4.69, 9.17) is 0 Å². The molecule has 92 valence electrons. The minimum atomic E-state index is -4.17. The fourth-order valence-corrected chi connectivity index (χ4v) is 2.34. The molecule has 0 saturated carbocycles. The number of nitrogens with one attached hydrogen (secondary N) is 1. The fraction of sp³-hybridized carbons (Fsp3) is 0.900. The Hall–Kier alpha value is -0.780. The predicted molar refractivity (Wildman–Crippen MR) is 51.8 cm³/mol. The van der Waals surface area contributed by atoms with Gasteiger partial charge in [-0.05, 0) is 25.8 Å². The van der Waals surface area contributed by atoms with Crippen LogP contribution in [-0.2, 0) is 4.79 Å². The molecular formula is C10H15F3N2O. The zero-order chi connectivity index (χ0) is 11.8. The summed E-state index contributed by atoms with van der Waals surface area (Å²) in [6, 6.07) is -0.257. The summed E-state index contributed by atoms with van der Waals surface area (Å²) in [5.74, 6) is -1.50. The number of alkyl halides is 3. The van der Waals surface area contributed by atoms with Crippen molar-refractivity contribution >= 4 is 5.91 Å². The molecule has 2 atom stereocenters. The van der Waals surface area contributed by atoms with Crippen molar-refractivity contribution in [1.29, 1.82) is 0 Å². The van der Waals surface area contributed by atoms with Crippen LogP contribution < -0.4 is 5.32 Å². The molecule has 0 spiro atoms. The van der Waals surface area contributed by atoms with E-state index in [0.29, 0.717) is 0 Å². The van der Waals surface area contributed by atoms with Crippen molar-refractivity contribution in [2.75, 3.05) is 19.6 Å². The van der Waals surface area contributed by atoms with Crippen LogP contribution in [0.3, 0.4) is 0 Å². The summed E-state index contributed by atoms with van der Waals surface area (Å²) in [7, 11) is 0. The minimum absolute atomic E-state index is 0.0436. The van der Waals surface area contributed by atoms with Gasteiger partial charge in [0.2, 0.25) is 5.91 Å². The number of amides is 1. The summed E-state index contributed by atoms with van der Waals surface area (Å²) >= 11 is 0. The van der Waals surface area contributed by atoms with E-state index in [1.165, 1.54) is 4.90 Å². The van der Waals surface area contributed by atoms with E-state index in [2.05, 4.69) is 5.32 Å². The van der Waals surface area contributed by atoms with Gasteiger partial charge in [0.05, 0.1) is 12.0 Å². The van der Waals surface area contributed by atoms with Gasteiger partial charge in [0.25, 0.3) is 0 Å². The van der Waals surface area contributed by atoms with E-state index in [-0.39, 0.29) is 31.5 Å². The molecule has 0 aromatic carbocycles. The zero-order valence-corrected chi connectivity index (χ0v) is 8.89. The zero-order valence-electron chi connectivity index (χ0n) is 8.89. The number of rotatable bonds is 1. The quantitative estimate of drug-likeness (QED) is 0.740. The molecule has 1 amide bonds. The van der Waals surface area contributed by atoms with Crippen LogP contribution in [0.15, 0.2) is 0 Å². The number of halogens is 3. The summed E-state index contributed by atoms with van der Waals surface area (Å²) in [5, 5.41) is 3.01. The highest BCUT2D eigenvalue weighted by Gasteiger charge is 2.45. The van der Waals surface area contributed by atoms with Crippen molar-refractivity contribution < 1.29 is 18.0 Å². The van der Waals surface area contributed by atoms with Gasteiger partial charge in [0, 0.05) is 13.1 Å². The Labute approximate surface area is 92.0 Å². The Morgan fingerprint density at radius 2 is 2.06 bits per heavy atom. The maximum atomic E-state index is 12.4. The van der Waals surface area contributed by atoms with Crippen molar-refractivity contribution in [2.24, 2.45) is 5.92 Å². The molecule has 2 fully saturated rings. The second-order valence-corrected chi connectivity index (χ2v) is 4.46. The molecular weight excluding hydrogens is 221 g/mol. The molecule has 16 heavy (non-hydrogen) atoms. The lowest BCUT2D eigenvalue weighted by molar-refractivity contribution is -0.171. The lowest BCUT2D eigenvalue weighted by atomic mass is 10.1. The minimum Gasteiger partial charge on any atom is -0.341 e. The molecule has 0 radical (unpaired) electrons. The number of nitrogens with zero attached hydrogens (tertiary/aromatic N) is 1. The summed E-state index contributed by atoms with van der Waals surface area (Å²) in [5.41, 5.74) is 0. The maximum absolute atomic E-state index is 12.4. The normalized spacial score (nSPS) is 31.1. The maximum Gasteiger partial charge on any atom is 0.393 e. The van der Waals surface area contributed by atoms with Gasteiger partial charge in [0.1, 0.15) is 0 Å². The first-order valence-electron chi connectivity index (χ1n) is 5.57. The average Bonchev–Trinajstić information content (AvgIpc) is 2.87. The molecule has 0 unspecified atom stereocenters. The molecule has 3 nitrogen and oxygen atoms in total. The van der Waals surface area contributed by atoms with Gasteiger partial charge < -0.3 is 10.2 Å². The van der Waals surface area contributed by atoms with Crippen molar-refractivity contribution in [1.82, 2.24) is 10.2 Å². The lowest BCUT2D eigenvalue weighted by Gasteiger charge is -2.21. The van der Waals surface area contributed by atoms with Crippen LogP contribution in [0.25, 0.3) is 0 Å². The van der Waals surface area contributed by atoms with Crippen LogP contribution in [0, 0.1) is 5.92 Å². The molecule has 0 aromatic rings. The Balaban J connectivity index is 1.90. The van der Waals surface area contributed by atoms with E-state index in [1.54, 1.807) is 0 Å². The highest BCUT2D eigenvalue weighted by Crippen LogP contribution is 2.33. The second kappa shape index (κ2) is 4.24. The van der Waals surface area contributed by atoms with Gasteiger partial charge in [-0.2, -0.15) is 13.2 Å². The highest BCUT2D eigenvalue weighted by atomic mass is 19.4. The van der Waals surface area contributed by atoms with Gasteiger partial charge in [-0.25, -0.2) is 0 Å². The van der Waals surface area contributed by atoms with E-state index in [0.717, 1.165) is 19.4 Å². The number of hydrogen-bond acceptors (Lipinski definition) is 2. The number of carbonyl (C=O) groups excluding carboxylic acids is 1. The molecule has 0 aromatic heterocycles. The summed E-state index contributed by atoms with van der Waals surface area (Å²) in [6.07, 6.45) is -2.46. The van der Waals surface area contributed by atoms with Crippen LogP contribution in [0.4, 0.5) is 13.2 Å². The number of likely N-dealkylation sites (tertiary alicyclic amines) is 1. The molecule has 2 heterocycles. The van der Waals surface area contributed by atoms with Crippen LogP contribution in [0.5, 0.6) is 0 Å². The third-order valence-electron chi connectivity index (χ3n) is 3.32. The van der Waals surface area contributed by atoms with Crippen molar-refractivity contribution in [2.45, 2.75) is 31.5 Å². The van der Waals surface area contributed by atoms with Crippen LogP contribution in [0.2, 0.25) is 0 Å². The number of hydrogen-bond donors (Lipinski definition) is 1. The third kappa shape index (κ3) is 2.31. The van der Waals surface area contributed by atoms with Crippen LogP contribution in [-0.4, -0.2) is 42.7 Å². The average molecular weight is 236 g/mol.